The number of rotatable bonds is 4. The largest absolute Gasteiger partial charge is 0.381 e. The van der Waals surface area contributed by atoms with Crippen LogP contribution < -0.4 is 5.32 Å². The number of anilines is 2. The van der Waals surface area contributed by atoms with Gasteiger partial charge in [-0.15, -0.1) is 11.3 Å². The van der Waals surface area contributed by atoms with Crippen LogP contribution in [-0.4, -0.2) is 47.1 Å². The smallest absolute Gasteiger partial charge is 0.253 e. The molecule has 1 N–H and O–H groups in total. The van der Waals surface area contributed by atoms with Gasteiger partial charge in [-0.25, -0.2) is 9.37 Å². The third kappa shape index (κ3) is 4.10. The van der Waals surface area contributed by atoms with Gasteiger partial charge >= 0.3 is 0 Å². The first-order valence-electron chi connectivity index (χ1n) is 12.7. The third-order valence-corrected chi connectivity index (χ3v) is 8.58. The van der Waals surface area contributed by atoms with Crippen molar-refractivity contribution in [3.63, 3.8) is 0 Å². The Labute approximate surface area is 223 Å². The van der Waals surface area contributed by atoms with Gasteiger partial charge in [0.1, 0.15) is 5.82 Å². The molecule has 1 spiro atoms. The van der Waals surface area contributed by atoms with Gasteiger partial charge in [-0.05, 0) is 60.9 Å². The van der Waals surface area contributed by atoms with Crippen LogP contribution in [0.25, 0.3) is 32.2 Å². The fraction of sp³-hybridized carbons (Fsp3) is 0.233. The summed E-state index contributed by atoms with van der Waals surface area (Å²) in [6.07, 6.45) is 3.71. The van der Waals surface area contributed by atoms with Crippen molar-refractivity contribution in [2.24, 2.45) is 5.41 Å². The number of thiazole rings is 1. The Kier molecular flexibility index (Phi) is 5.60. The van der Waals surface area contributed by atoms with Crippen molar-refractivity contribution >= 4 is 49.7 Å². The molecule has 0 radical (unpaired) electrons. The number of carbonyl (C=O) groups is 1. The standard InChI is InChI=1S/C30H25FN4O2S/c31-24-13-20(29(36)35-16-30(17-35)8-11-37-12-9-30)2-4-22(24)19-1-5-23-25(7-10-32-26(23)14-19)34-21-3-6-28-27(15-21)33-18-38-28/h1-7,10,13-15,18H,8-9,11-12,16-17H2,(H,32,34). The first kappa shape index (κ1) is 23.3. The molecule has 7 rings (SSSR count). The van der Waals surface area contributed by atoms with Gasteiger partial charge in [0.2, 0.25) is 0 Å². The van der Waals surface area contributed by atoms with E-state index in [1.54, 1.807) is 29.7 Å². The van der Waals surface area contributed by atoms with E-state index in [1.165, 1.54) is 6.07 Å². The quantitative estimate of drug-likeness (QED) is 0.285. The summed E-state index contributed by atoms with van der Waals surface area (Å²) in [7, 11) is 0. The highest BCUT2D eigenvalue weighted by molar-refractivity contribution is 7.16. The second kappa shape index (κ2) is 9.15. The van der Waals surface area contributed by atoms with Crippen LogP contribution in [0.15, 0.2) is 72.4 Å². The molecule has 0 bridgehead atoms. The van der Waals surface area contributed by atoms with E-state index >= 15 is 4.39 Å². The van der Waals surface area contributed by atoms with Crippen LogP contribution in [0.1, 0.15) is 23.2 Å². The Balaban J connectivity index is 1.12. The first-order chi connectivity index (χ1) is 18.6. The summed E-state index contributed by atoms with van der Waals surface area (Å²) < 4.78 is 21.9. The molecule has 4 heterocycles. The molecule has 2 aliphatic rings. The number of benzene rings is 3. The van der Waals surface area contributed by atoms with Crippen molar-refractivity contribution in [3.05, 3.63) is 83.8 Å². The molecule has 2 aliphatic heterocycles. The number of amides is 1. The Morgan fingerprint density at radius 3 is 2.68 bits per heavy atom. The number of hydrogen-bond donors (Lipinski definition) is 1. The summed E-state index contributed by atoms with van der Waals surface area (Å²) in [5.74, 6) is -0.526. The number of aromatic nitrogens is 2. The van der Waals surface area contributed by atoms with Gasteiger partial charge in [0.25, 0.3) is 5.91 Å². The molecule has 2 fully saturated rings. The predicted octanol–water partition coefficient (Wildman–Crippen LogP) is 6.65. The van der Waals surface area contributed by atoms with Crippen molar-refractivity contribution in [2.75, 3.05) is 31.6 Å². The van der Waals surface area contributed by atoms with Crippen LogP contribution in [0.4, 0.5) is 15.8 Å². The van der Waals surface area contributed by atoms with E-state index in [-0.39, 0.29) is 11.3 Å². The van der Waals surface area contributed by atoms with E-state index in [2.05, 4.69) is 21.4 Å². The summed E-state index contributed by atoms with van der Waals surface area (Å²) in [4.78, 5) is 23.7. The number of nitrogens with one attached hydrogen (secondary N) is 1. The van der Waals surface area contributed by atoms with Crippen molar-refractivity contribution in [1.82, 2.24) is 14.9 Å². The van der Waals surface area contributed by atoms with Gasteiger partial charge < -0.3 is 15.0 Å². The Hall–Kier alpha value is -3.88. The zero-order chi connectivity index (χ0) is 25.7. The molecule has 0 aliphatic carbocycles. The van der Waals surface area contributed by atoms with Gasteiger partial charge in [-0.1, -0.05) is 18.2 Å². The Bertz CT molecular complexity index is 1690. The Morgan fingerprint density at radius 2 is 1.84 bits per heavy atom. The topological polar surface area (TPSA) is 67.4 Å². The molecule has 5 aromatic rings. The third-order valence-electron chi connectivity index (χ3n) is 7.77. The fourth-order valence-electron chi connectivity index (χ4n) is 5.61. The highest BCUT2D eigenvalue weighted by atomic mass is 32.1. The maximum absolute atomic E-state index is 15.3. The highest BCUT2D eigenvalue weighted by Gasteiger charge is 2.45. The lowest BCUT2D eigenvalue weighted by molar-refractivity contribution is -0.0666. The number of halogens is 1. The summed E-state index contributed by atoms with van der Waals surface area (Å²) >= 11 is 1.61. The first-order valence-corrected chi connectivity index (χ1v) is 13.6. The average molecular weight is 525 g/mol. The second-order valence-electron chi connectivity index (χ2n) is 10.2. The van der Waals surface area contributed by atoms with Crippen LogP contribution in [0.2, 0.25) is 0 Å². The number of nitrogens with zero attached hydrogens (tertiary/aromatic N) is 3. The number of ether oxygens (including phenoxy) is 1. The lowest BCUT2D eigenvalue weighted by Gasteiger charge is -2.52. The zero-order valence-corrected chi connectivity index (χ0v) is 21.4. The van der Waals surface area contributed by atoms with E-state index in [0.29, 0.717) is 16.7 Å². The minimum absolute atomic E-state index is 0.112. The second-order valence-corrected chi connectivity index (χ2v) is 11.1. The number of hydrogen-bond acceptors (Lipinski definition) is 6. The van der Waals surface area contributed by atoms with E-state index < -0.39 is 5.82 Å². The molecule has 2 aromatic heterocycles. The average Bonchev–Trinajstić information content (AvgIpc) is 3.40. The maximum atomic E-state index is 15.3. The van der Waals surface area contributed by atoms with E-state index in [9.17, 15) is 4.79 Å². The number of likely N-dealkylation sites (tertiary alicyclic amines) is 1. The van der Waals surface area contributed by atoms with Gasteiger partial charge in [0.05, 0.1) is 21.2 Å². The SMILES string of the molecule is O=C(c1ccc(-c2ccc3c(Nc4ccc5scnc5c4)ccnc3c2)c(F)c1)N1CC2(CCOCC2)C1. The highest BCUT2D eigenvalue weighted by Crippen LogP contribution is 2.40. The normalized spacial score (nSPS) is 16.6. The van der Waals surface area contributed by atoms with Crippen molar-refractivity contribution in [3.8, 4) is 11.1 Å². The monoisotopic (exact) mass is 524 g/mol. The van der Waals surface area contributed by atoms with Gasteiger partial charge in [0.15, 0.2) is 0 Å². The number of pyridine rings is 1. The molecule has 0 atom stereocenters. The van der Waals surface area contributed by atoms with E-state index in [1.807, 2.05) is 46.8 Å². The minimum atomic E-state index is -0.414. The summed E-state index contributed by atoms with van der Waals surface area (Å²) in [6, 6.07) is 18.5. The van der Waals surface area contributed by atoms with Crippen LogP contribution in [0, 0.1) is 11.2 Å². The Morgan fingerprint density at radius 1 is 0.974 bits per heavy atom. The van der Waals surface area contributed by atoms with Crippen LogP contribution in [0.3, 0.4) is 0 Å². The molecule has 6 nitrogen and oxygen atoms in total. The molecule has 1 amide bonds. The molecule has 3 aromatic carbocycles. The fourth-order valence-corrected chi connectivity index (χ4v) is 6.27. The minimum Gasteiger partial charge on any atom is -0.381 e. The van der Waals surface area contributed by atoms with Crippen LogP contribution in [-0.2, 0) is 4.74 Å². The summed E-state index contributed by atoms with van der Waals surface area (Å²) in [6.45, 7) is 2.96. The van der Waals surface area contributed by atoms with Gasteiger partial charge in [-0.2, -0.15) is 0 Å². The molecule has 0 saturated carbocycles. The van der Waals surface area contributed by atoms with Crippen LogP contribution >= 0.6 is 11.3 Å². The van der Waals surface area contributed by atoms with E-state index in [4.69, 9.17) is 4.74 Å². The lowest BCUT2D eigenvalue weighted by Crippen LogP contribution is -2.60. The van der Waals surface area contributed by atoms with E-state index in [0.717, 1.165) is 71.6 Å². The summed E-state index contributed by atoms with van der Waals surface area (Å²) in [5.41, 5.74) is 7.13. The molecule has 0 unspecified atom stereocenters. The number of carbonyl (C=O) groups excluding carboxylic acids is 1. The molecule has 190 valence electrons. The number of fused-ring (bicyclic) bond motifs is 2. The van der Waals surface area contributed by atoms with Gasteiger partial charge in [0, 0.05) is 65.8 Å². The summed E-state index contributed by atoms with van der Waals surface area (Å²) in [5, 5.41) is 4.40. The molecule has 38 heavy (non-hydrogen) atoms. The molecular weight excluding hydrogens is 499 g/mol. The maximum Gasteiger partial charge on any atom is 0.253 e. The zero-order valence-electron chi connectivity index (χ0n) is 20.6. The lowest BCUT2D eigenvalue weighted by atomic mass is 9.73. The van der Waals surface area contributed by atoms with Crippen molar-refractivity contribution in [1.29, 1.82) is 0 Å². The molecule has 8 heteroatoms. The van der Waals surface area contributed by atoms with Crippen LogP contribution in [0.5, 0.6) is 0 Å². The molecule has 2 saturated heterocycles. The van der Waals surface area contributed by atoms with Crippen molar-refractivity contribution in [2.45, 2.75) is 12.8 Å². The molecular formula is C30H25FN4O2S. The van der Waals surface area contributed by atoms with Crippen molar-refractivity contribution < 1.29 is 13.9 Å². The van der Waals surface area contributed by atoms with Gasteiger partial charge in [-0.3, -0.25) is 9.78 Å². The predicted molar refractivity (Wildman–Crippen MR) is 148 cm³/mol.